The molecule has 0 aliphatic heterocycles. The van der Waals surface area contributed by atoms with Crippen molar-refractivity contribution < 1.29 is 26.1 Å². The molecule has 0 saturated carbocycles. The lowest BCUT2D eigenvalue weighted by molar-refractivity contribution is -0.140. The van der Waals surface area contributed by atoms with Crippen LogP contribution < -0.4 is 0 Å². The maximum atomic E-state index is 13.0. The van der Waals surface area contributed by atoms with E-state index in [1.807, 2.05) is 0 Å². The van der Waals surface area contributed by atoms with Crippen LogP contribution in [0, 0.1) is 0 Å². The molecular formula is C11H6BrF3O3S. The number of hydrogen-bond acceptors (Lipinski definition) is 2. The summed E-state index contributed by atoms with van der Waals surface area (Å²) in [7, 11) is -4.98. The zero-order valence-electron chi connectivity index (χ0n) is 9.07. The first-order valence-corrected chi connectivity index (χ1v) is 7.11. The minimum atomic E-state index is -4.98. The van der Waals surface area contributed by atoms with Crippen LogP contribution >= 0.6 is 15.9 Å². The minimum absolute atomic E-state index is 0.210. The van der Waals surface area contributed by atoms with Crippen LogP contribution in [0.15, 0.2) is 39.7 Å². The third-order valence-electron chi connectivity index (χ3n) is 2.51. The fraction of sp³-hybridized carbons (Fsp3) is 0.0909. The molecule has 0 bridgehead atoms. The number of benzene rings is 2. The van der Waals surface area contributed by atoms with Gasteiger partial charge in [-0.1, -0.05) is 24.3 Å². The average Bonchev–Trinajstić information content (AvgIpc) is 2.26. The van der Waals surface area contributed by atoms with Crippen LogP contribution in [0.3, 0.4) is 0 Å². The third-order valence-corrected chi connectivity index (χ3v) is 4.21. The summed E-state index contributed by atoms with van der Waals surface area (Å²) in [4.78, 5) is -1.16. The van der Waals surface area contributed by atoms with E-state index in [9.17, 15) is 21.6 Å². The van der Waals surface area contributed by atoms with Gasteiger partial charge in [0.05, 0.1) is 5.56 Å². The normalized spacial score (nSPS) is 12.9. The lowest BCUT2D eigenvalue weighted by Crippen LogP contribution is -2.14. The van der Waals surface area contributed by atoms with E-state index in [-0.39, 0.29) is 10.8 Å². The Bertz CT molecular complexity index is 754. The average molecular weight is 355 g/mol. The largest absolute Gasteiger partial charge is 0.418 e. The summed E-state index contributed by atoms with van der Waals surface area (Å²) in [5.41, 5.74) is -1.41. The highest BCUT2D eigenvalue weighted by Crippen LogP contribution is 2.42. The molecule has 2 aromatic carbocycles. The molecule has 19 heavy (non-hydrogen) atoms. The molecular weight excluding hydrogens is 349 g/mol. The van der Waals surface area contributed by atoms with Gasteiger partial charge in [-0.25, -0.2) is 0 Å². The fourth-order valence-corrected chi connectivity index (χ4v) is 3.43. The predicted octanol–water partition coefficient (Wildman–Crippen LogP) is 3.87. The molecule has 0 aromatic heterocycles. The van der Waals surface area contributed by atoms with Crippen molar-refractivity contribution in [2.45, 2.75) is 11.1 Å². The van der Waals surface area contributed by atoms with E-state index >= 15 is 0 Å². The highest BCUT2D eigenvalue weighted by Gasteiger charge is 2.39. The molecule has 2 aromatic rings. The first kappa shape index (κ1) is 14.3. The lowest BCUT2D eigenvalue weighted by Gasteiger charge is -2.15. The lowest BCUT2D eigenvalue weighted by atomic mass is 10.1. The summed E-state index contributed by atoms with van der Waals surface area (Å²) >= 11 is 2.77. The zero-order valence-corrected chi connectivity index (χ0v) is 11.5. The Labute approximate surface area is 114 Å². The van der Waals surface area contributed by atoms with Gasteiger partial charge in [-0.2, -0.15) is 21.6 Å². The van der Waals surface area contributed by atoms with Crippen molar-refractivity contribution >= 4 is 36.8 Å². The topological polar surface area (TPSA) is 54.4 Å². The van der Waals surface area contributed by atoms with Crippen molar-refractivity contribution in [1.82, 2.24) is 0 Å². The summed E-state index contributed by atoms with van der Waals surface area (Å²) in [6, 6.07) is 6.76. The quantitative estimate of drug-likeness (QED) is 0.791. The van der Waals surface area contributed by atoms with Crippen LogP contribution in [0.25, 0.3) is 10.8 Å². The smallest absolute Gasteiger partial charge is 0.282 e. The highest BCUT2D eigenvalue weighted by atomic mass is 79.9. The van der Waals surface area contributed by atoms with Gasteiger partial charge in [0.25, 0.3) is 10.1 Å². The Kier molecular flexibility index (Phi) is 3.36. The molecule has 1 N–H and O–H groups in total. The van der Waals surface area contributed by atoms with E-state index in [4.69, 9.17) is 4.55 Å². The van der Waals surface area contributed by atoms with Gasteiger partial charge in [0.1, 0.15) is 4.90 Å². The van der Waals surface area contributed by atoms with E-state index in [0.29, 0.717) is 0 Å². The van der Waals surface area contributed by atoms with Crippen molar-refractivity contribution in [3.63, 3.8) is 0 Å². The van der Waals surface area contributed by atoms with Crippen LogP contribution in [0.2, 0.25) is 0 Å². The van der Waals surface area contributed by atoms with Gasteiger partial charge in [0.2, 0.25) is 0 Å². The zero-order chi connectivity index (χ0) is 14.4. The van der Waals surface area contributed by atoms with Crippen molar-refractivity contribution in [3.8, 4) is 0 Å². The number of hydrogen-bond donors (Lipinski definition) is 1. The van der Waals surface area contributed by atoms with Gasteiger partial charge in [-0.15, -0.1) is 0 Å². The minimum Gasteiger partial charge on any atom is -0.282 e. The van der Waals surface area contributed by atoms with Gasteiger partial charge in [-0.05, 0) is 32.8 Å². The Morgan fingerprint density at radius 1 is 1.16 bits per heavy atom. The van der Waals surface area contributed by atoms with Crippen LogP contribution in [0.4, 0.5) is 13.2 Å². The molecule has 0 aliphatic carbocycles. The van der Waals surface area contributed by atoms with E-state index in [1.165, 1.54) is 18.2 Å². The third kappa shape index (κ3) is 2.60. The summed E-state index contributed by atoms with van der Waals surface area (Å²) in [5.74, 6) is 0. The van der Waals surface area contributed by atoms with Crippen LogP contribution in [-0.2, 0) is 16.3 Å². The van der Waals surface area contributed by atoms with E-state index in [2.05, 4.69) is 15.9 Å². The second-order valence-corrected chi connectivity index (χ2v) is 5.94. The van der Waals surface area contributed by atoms with E-state index in [1.54, 1.807) is 6.07 Å². The molecule has 0 atom stereocenters. The first-order chi connectivity index (χ1) is 8.62. The second kappa shape index (κ2) is 4.46. The molecule has 0 saturated heterocycles. The Morgan fingerprint density at radius 2 is 1.74 bits per heavy atom. The molecule has 2 rings (SSSR count). The first-order valence-electron chi connectivity index (χ1n) is 4.88. The number of alkyl halides is 3. The van der Waals surface area contributed by atoms with Gasteiger partial charge >= 0.3 is 6.18 Å². The maximum absolute atomic E-state index is 13.0. The van der Waals surface area contributed by atoms with Crippen LogP contribution in [0.1, 0.15) is 5.56 Å². The number of fused-ring (bicyclic) bond motifs is 1. The molecule has 0 fully saturated rings. The maximum Gasteiger partial charge on any atom is 0.418 e. The Hall–Kier alpha value is -1.12. The monoisotopic (exact) mass is 354 g/mol. The van der Waals surface area contributed by atoms with E-state index in [0.717, 1.165) is 6.07 Å². The molecule has 8 heteroatoms. The van der Waals surface area contributed by atoms with Gasteiger partial charge in [0, 0.05) is 4.47 Å². The summed E-state index contributed by atoms with van der Waals surface area (Å²) < 4.78 is 69.7. The molecule has 0 heterocycles. The fourth-order valence-electron chi connectivity index (χ4n) is 1.75. The molecule has 0 radical (unpaired) electrons. The summed E-state index contributed by atoms with van der Waals surface area (Å²) in [6.07, 6.45) is -4.91. The molecule has 102 valence electrons. The van der Waals surface area contributed by atoms with Crippen molar-refractivity contribution in [1.29, 1.82) is 0 Å². The Balaban J connectivity index is 3.02. The van der Waals surface area contributed by atoms with E-state index < -0.39 is 31.2 Å². The van der Waals surface area contributed by atoms with Gasteiger partial charge < -0.3 is 0 Å². The molecule has 0 spiro atoms. The second-order valence-electron chi connectivity index (χ2n) is 3.76. The van der Waals surface area contributed by atoms with Gasteiger partial charge in [0.15, 0.2) is 0 Å². The standard InChI is InChI=1S/C11H6BrF3O3S/c12-10-7-4-2-1-3-6(7)5-8(19(16,17)18)9(10)11(13,14)15/h1-5H,(H,16,17,18). The molecule has 0 unspecified atom stereocenters. The predicted molar refractivity (Wildman–Crippen MR) is 66.5 cm³/mol. The van der Waals surface area contributed by atoms with Crippen LogP contribution in [0.5, 0.6) is 0 Å². The van der Waals surface area contributed by atoms with Gasteiger partial charge in [-0.3, -0.25) is 4.55 Å². The SMILES string of the molecule is O=S(=O)(O)c1cc2ccccc2c(Br)c1C(F)(F)F. The summed E-state index contributed by atoms with van der Waals surface area (Å²) in [6.45, 7) is 0. The number of halogens is 4. The van der Waals surface area contributed by atoms with Crippen LogP contribution in [-0.4, -0.2) is 13.0 Å². The Morgan fingerprint density at radius 3 is 2.26 bits per heavy atom. The van der Waals surface area contributed by atoms with Crippen molar-refractivity contribution in [2.24, 2.45) is 0 Å². The molecule has 0 aliphatic rings. The molecule has 3 nitrogen and oxygen atoms in total. The molecule has 0 amide bonds. The van der Waals surface area contributed by atoms with Crippen molar-refractivity contribution in [2.75, 3.05) is 0 Å². The highest BCUT2D eigenvalue weighted by molar-refractivity contribution is 9.10. The van der Waals surface area contributed by atoms with Crippen molar-refractivity contribution in [3.05, 3.63) is 40.4 Å². The summed E-state index contributed by atoms with van der Waals surface area (Å²) in [5, 5.41) is 0.484. The number of rotatable bonds is 1.